The van der Waals surface area contributed by atoms with Gasteiger partial charge < -0.3 is 15.0 Å². The lowest BCUT2D eigenvalue weighted by Crippen LogP contribution is -2.06. The largest absolute Gasteiger partial charge is 0.480 e. The van der Waals surface area contributed by atoms with Gasteiger partial charge in [0.1, 0.15) is 12.4 Å². The average molecular weight is 286 g/mol. The van der Waals surface area contributed by atoms with Gasteiger partial charge in [-0.2, -0.15) is 0 Å². The van der Waals surface area contributed by atoms with Gasteiger partial charge in [0.05, 0.1) is 17.0 Å². The quantitative estimate of drug-likeness (QED) is 0.906. The third kappa shape index (κ3) is 3.15. The Kier molecular flexibility index (Phi) is 3.74. The fourth-order valence-corrected chi connectivity index (χ4v) is 1.85. The molecule has 1 aromatic carbocycles. The van der Waals surface area contributed by atoms with E-state index < -0.39 is 5.97 Å². The molecule has 0 saturated heterocycles. The van der Waals surface area contributed by atoms with E-state index >= 15 is 0 Å². The molecule has 1 aromatic heterocycles. The van der Waals surface area contributed by atoms with Crippen molar-refractivity contribution in [3.63, 3.8) is 0 Å². The van der Waals surface area contributed by atoms with Crippen LogP contribution >= 0.6 is 23.2 Å². The molecule has 5 nitrogen and oxygen atoms in total. The molecule has 0 saturated carbocycles. The lowest BCUT2D eigenvalue weighted by Gasteiger charge is -2.05. The zero-order valence-corrected chi connectivity index (χ0v) is 10.6. The highest BCUT2D eigenvalue weighted by molar-refractivity contribution is 6.36. The van der Waals surface area contributed by atoms with E-state index in [1.807, 2.05) is 0 Å². The first kappa shape index (κ1) is 12.7. The molecule has 2 N–H and O–H groups in total. The normalized spacial score (nSPS) is 10.3. The van der Waals surface area contributed by atoms with Crippen LogP contribution in [0.5, 0.6) is 0 Å². The molecule has 0 atom stereocenters. The number of benzene rings is 1. The maximum Gasteiger partial charge on any atom is 0.323 e. The van der Waals surface area contributed by atoms with Crippen LogP contribution in [0.2, 0.25) is 10.0 Å². The van der Waals surface area contributed by atoms with E-state index in [0.29, 0.717) is 21.6 Å². The Bertz CT molecular complexity index is 583. The number of hydrogen-bond acceptors (Lipinski definition) is 3. The van der Waals surface area contributed by atoms with Crippen LogP contribution < -0.4 is 5.32 Å². The zero-order valence-electron chi connectivity index (χ0n) is 9.10. The number of rotatable bonds is 4. The SMILES string of the molecule is O=C(O)Cn1cnc(Nc2ccc(Cl)cc2Cl)c1. The van der Waals surface area contributed by atoms with Crippen molar-refractivity contribution < 1.29 is 9.90 Å². The van der Waals surface area contributed by atoms with Crippen LogP contribution in [-0.2, 0) is 11.3 Å². The number of nitrogens with one attached hydrogen (secondary N) is 1. The van der Waals surface area contributed by atoms with Crippen LogP contribution in [0.4, 0.5) is 11.5 Å². The number of aliphatic carboxylic acids is 1. The van der Waals surface area contributed by atoms with Gasteiger partial charge in [0.2, 0.25) is 0 Å². The number of aromatic nitrogens is 2. The first-order valence-corrected chi connectivity index (χ1v) is 5.76. The van der Waals surface area contributed by atoms with E-state index in [-0.39, 0.29) is 6.54 Å². The van der Waals surface area contributed by atoms with Crippen LogP contribution in [-0.4, -0.2) is 20.6 Å². The fourth-order valence-electron chi connectivity index (χ4n) is 1.40. The van der Waals surface area contributed by atoms with Crippen molar-refractivity contribution in [1.29, 1.82) is 0 Å². The summed E-state index contributed by atoms with van der Waals surface area (Å²) < 4.78 is 1.45. The molecule has 0 aliphatic rings. The summed E-state index contributed by atoms with van der Waals surface area (Å²) in [5.74, 6) is -0.413. The summed E-state index contributed by atoms with van der Waals surface area (Å²) in [6.07, 6.45) is 3.01. The summed E-state index contributed by atoms with van der Waals surface area (Å²) in [5, 5.41) is 12.6. The van der Waals surface area contributed by atoms with Gasteiger partial charge in [-0.05, 0) is 18.2 Å². The molecule has 2 aromatic rings. The molecular formula is C11H9Cl2N3O2. The van der Waals surface area contributed by atoms with Crippen LogP contribution in [0.3, 0.4) is 0 Å². The Morgan fingerprint density at radius 3 is 2.89 bits per heavy atom. The predicted molar refractivity (Wildman–Crippen MR) is 69.6 cm³/mol. The maximum atomic E-state index is 10.5. The molecule has 0 unspecified atom stereocenters. The molecule has 0 aliphatic heterocycles. The lowest BCUT2D eigenvalue weighted by molar-refractivity contribution is -0.137. The highest BCUT2D eigenvalue weighted by atomic mass is 35.5. The first-order chi connectivity index (χ1) is 8.54. The topological polar surface area (TPSA) is 67.1 Å². The van der Waals surface area contributed by atoms with Gasteiger partial charge in [0.15, 0.2) is 0 Å². The van der Waals surface area contributed by atoms with Crippen molar-refractivity contribution in [3.05, 3.63) is 40.8 Å². The number of hydrogen-bond donors (Lipinski definition) is 2. The molecule has 0 radical (unpaired) electrons. The van der Waals surface area contributed by atoms with Gasteiger partial charge in [-0.15, -0.1) is 0 Å². The number of carboxylic acid groups (broad SMARTS) is 1. The minimum Gasteiger partial charge on any atom is -0.480 e. The third-order valence-electron chi connectivity index (χ3n) is 2.14. The van der Waals surface area contributed by atoms with Gasteiger partial charge in [-0.3, -0.25) is 4.79 Å². The Hall–Kier alpha value is -1.72. The number of halogens is 2. The lowest BCUT2D eigenvalue weighted by atomic mass is 10.3. The Morgan fingerprint density at radius 1 is 1.44 bits per heavy atom. The summed E-state index contributed by atoms with van der Waals surface area (Å²) in [5.41, 5.74) is 0.654. The Morgan fingerprint density at radius 2 is 2.22 bits per heavy atom. The number of carboxylic acids is 1. The molecule has 0 fully saturated rings. The fraction of sp³-hybridized carbons (Fsp3) is 0.0909. The summed E-state index contributed by atoms with van der Waals surface area (Å²) >= 11 is 11.8. The van der Waals surface area contributed by atoms with Crippen molar-refractivity contribution >= 4 is 40.7 Å². The molecule has 0 spiro atoms. The van der Waals surface area contributed by atoms with Crippen molar-refractivity contribution in [1.82, 2.24) is 9.55 Å². The Labute approximate surface area is 113 Å². The van der Waals surface area contributed by atoms with Gasteiger partial charge in [0.25, 0.3) is 0 Å². The first-order valence-electron chi connectivity index (χ1n) is 5.00. The van der Waals surface area contributed by atoms with E-state index in [0.717, 1.165) is 0 Å². The molecule has 2 rings (SSSR count). The standard InChI is InChI=1S/C11H9Cl2N3O2/c12-7-1-2-9(8(13)3-7)15-10-4-16(6-14-10)5-11(17)18/h1-4,6,15H,5H2,(H,17,18). The number of nitrogens with zero attached hydrogens (tertiary/aromatic N) is 2. The summed E-state index contributed by atoms with van der Waals surface area (Å²) in [6.45, 7) is -0.136. The average Bonchev–Trinajstić information content (AvgIpc) is 2.69. The molecule has 0 bridgehead atoms. The van der Waals surface area contributed by atoms with Gasteiger partial charge >= 0.3 is 5.97 Å². The van der Waals surface area contributed by atoms with Crippen LogP contribution in [0.1, 0.15) is 0 Å². The van der Waals surface area contributed by atoms with E-state index in [9.17, 15) is 4.79 Å². The van der Waals surface area contributed by atoms with Crippen molar-refractivity contribution in [2.24, 2.45) is 0 Å². The highest BCUT2D eigenvalue weighted by Crippen LogP contribution is 2.27. The van der Waals surface area contributed by atoms with Gasteiger partial charge in [0, 0.05) is 11.2 Å². The number of anilines is 2. The molecular weight excluding hydrogens is 277 g/mol. The number of carbonyl (C=O) groups is 1. The molecule has 18 heavy (non-hydrogen) atoms. The number of imidazole rings is 1. The molecule has 0 aliphatic carbocycles. The molecule has 0 amide bonds. The van der Waals surface area contributed by atoms with E-state index in [4.69, 9.17) is 28.3 Å². The monoisotopic (exact) mass is 285 g/mol. The minimum atomic E-state index is -0.927. The maximum absolute atomic E-state index is 10.5. The predicted octanol–water partition coefficient (Wildman–Crippen LogP) is 3.02. The summed E-state index contributed by atoms with van der Waals surface area (Å²) in [4.78, 5) is 14.5. The highest BCUT2D eigenvalue weighted by Gasteiger charge is 2.05. The smallest absolute Gasteiger partial charge is 0.323 e. The third-order valence-corrected chi connectivity index (χ3v) is 2.69. The molecule has 1 heterocycles. The second kappa shape index (κ2) is 5.29. The van der Waals surface area contributed by atoms with E-state index in [1.165, 1.54) is 10.9 Å². The van der Waals surface area contributed by atoms with Gasteiger partial charge in [-0.1, -0.05) is 23.2 Å². The molecule has 94 valence electrons. The summed E-state index contributed by atoms with van der Waals surface area (Å²) in [6, 6.07) is 5.03. The van der Waals surface area contributed by atoms with Crippen molar-refractivity contribution in [2.45, 2.75) is 6.54 Å². The minimum absolute atomic E-state index is 0.136. The molecule has 7 heteroatoms. The van der Waals surface area contributed by atoms with E-state index in [1.54, 1.807) is 24.4 Å². The Balaban J connectivity index is 2.13. The van der Waals surface area contributed by atoms with Crippen LogP contribution in [0.25, 0.3) is 0 Å². The zero-order chi connectivity index (χ0) is 13.1. The van der Waals surface area contributed by atoms with Crippen LogP contribution in [0, 0.1) is 0 Å². The van der Waals surface area contributed by atoms with Crippen molar-refractivity contribution in [2.75, 3.05) is 5.32 Å². The van der Waals surface area contributed by atoms with E-state index in [2.05, 4.69) is 10.3 Å². The second-order valence-electron chi connectivity index (χ2n) is 3.57. The second-order valence-corrected chi connectivity index (χ2v) is 4.42. The van der Waals surface area contributed by atoms with Crippen molar-refractivity contribution in [3.8, 4) is 0 Å². The van der Waals surface area contributed by atoms with Gasteiger partial charge in [-0.25, -0.2) is 4.98 Å². The summed E-state index contributed by atoms with van der Waals surface area (Å²) in [7, 11) is 0. The van der Waals surface area contributed by atoms with Crippen LogP contribution in [0.15, 0.2) is 30.7 Å².